The van der Waals surface area contributed by atoms with E-state index >= 15 is 0 Å². The van der Waals surface area contributed by atoms with Gasteiger partial charge in [-0.15, -0.1) is 0 Å². The summed E-state index contributed by atoms with van der Waals surface area (Å²) in [5.41, 5.74) is 2.84. The maximum Gasteiger partial charge on any atom is 0.211 e. The highest BCUT2D eigenvalue weighted by atomic mass is 31.1. The van der Waals surface area contributed by atoms with E-state index < -0.39 is 0 Å². The summed E-state index contributed by atoms with van der Waals surface area (Å²) in [6.07, 6.45) is 12.8. The first-order chi connectivity index (χ1) is 12.1. The second-order valence-corrected chi connectivity index (χ2v) is 7.80. The Morgan fingerprint density at radius 2 is 1.84 bits per heavy atom. The quantitative estimate of drug-likeness (QED) is 0.516. The molecule has 2 aliphatic carbocycles. The lowest BCUT2D eigenvalue weighted by molar-refractivity contribution is -0.110. The first kappa shape index (κ1) is 17.8. The van der Waals surface area contributed by atoms with Crippen LogP contribution in [-0.4, -0.2) is 16.6 Å². The van der Waals surface area contributed by atoms with Gasteiger partial charge in [0.1, 0.15) is 0 Å². The van der Waals surface area contributed by atoms with Gasteiger partial charge in [-0.2, -0.15) is 0 Å². The summed E-state index contributed by atoms with van der Waals surface area (Å²) in [5, 5.41) is 0.775. The normalized spacial score (nSPS) is 20.7. The number of ketones is 1. The van der Waals surface area contributed by atoms with Gasteiger partial charge in [-0.25, -0.2) is 0 Å². The molecule has 0 heterocycles. The molecule has 25 heavy (non-hydrogen) atoms. The van der Waals surface area contributed by atoms with Crippen LogP contribution in [0.5, 0.6) is 0 Å². The summed E-state index contributed by atoms with van der Waals surface area (Å²) in [6, 6.07) is 9.28. The summed E-state index contributed by atoms with van der Waals surface area (Å²) in [4.78, 5) is 25.9. The van der Waals surface area contributed by atoms with Crippen molar-refractivity contribution in [1.82, 2.24) is 0 Å². The van der Waals surface area contributed by atoms with Gasteiger partial charge < -0.3 is 0 Å². The van der Waals surface area contributed by atoms with E-state index in [1.807, 2.05) is 42.5 Å². The second-order valence-electron chi connectivity index (χ2n) is 6.68. The number of rotatable bonds is 5. The van der Waals surface area contributed by atoms with Crippen LogP contribution in [0.2, 0.25) is 0 Å². The van der Waals surface area contributed by atoms with Gasteiger partial charge >= 0.3 is 0 Å². The zero-order valence-electron chi connectivity index (χ0n) is 14.6. The average Bonchev–Trinajstić information content (AvgIpc) is 2.67. The van der Waals surface area contributed by atoms with E-state index in [4.69, 9.17) is 0 Å². The molecule has 0 radical (unpaired) electrons. The van der Waals surface area contributed by atoms with Crippen molar-refractivity contribution in [1.29, 1.82) is 0 Å². The van der Waals surface area contributed by atoms with E-state index in [9.17, 15) is 9.59 Å². The van der Waals surface area contributed by atoms with Gasteiger partial charge in [-0.3, -0.25) is 9.59 Å². The molecule has 1 aromatic carbocycles. The number of hydrogen-bond acceptors (Lipinski definition) is 2. The molecule has 0 amide bonds. The molecule has 1 unspecified atom stereocenters. The first-order valence-corrected chi connectivity index (χ1v) is 9.78. The highest BCUT2D eigenvalue weighted by molar-refractivity contribution is 7.62. The van der Waals surface area contributed by atoms with E-state index in [2.05, 4.69) is 19.1 Å². The summed E-state index contributed by atoms with van der Waals surface area (Å²) in [6.45, 7) is 2.09. The van der Waals surface area contributed by atoms with Crippen LogP contribution in [0.25, 0.3) is 0 Å². The number of Topliss-reactive ketones (excluding diaryl/α,β-unsaturated/α-hetero) is 1. The van der Waals surface area contributed by atoms with Crippen LogP contribution in [-0.2, 0) is 4.79 Å². The molecule has 0 spiro atoms. The van der Waals surface area contributed by atoms with Crippen molar-refractivity contribution in [3.8, 4) is 0 Å². The average molecular weight is 350 g/mol. The van der Waals surface area contributed by atoms with Crippen molar-refractivity contribution < 1.29 is 9.59 Å². The molecule has 1 atom stereocenters. The number of hydrogen-bond donors (Lipinski definition) is 0. The maximum absolute atomic E-state index is 13.2. The Morgan fingerprint density at radius 3 is 2.48 bits per heavy atom. The van der Waals surface area contributed by atoms with Gasteiger partial charge in [0.15, 0.2) is 5.78 Å². The van der Waals surface area contributed by atoms with Crippen LogP contribution in [0.4, 0.5) is 0 Å². The van der Waals surface area contributed by atoms with E-state index in [1.54, 1.807) is 0 Å². The lowest BCUT2D eigenvalue weighted by Crippen LogP contribution is -2.25. The van der Waals surface area contributed by atoms with Crippen molar-refractivity contribution in [3.05, 3.63) is 71.3 Å². The molecule has 0 saturated heterocycles. The zero-order chi connectivity index (χ0) is 17.6. The molecule has 1 aromatic rings. The van der Waals surface area contributed by atoms with E-state index in [-0.39, 0.29) is 17.2 Å². The van der Waals surface area contributed by atoms with Crippen LogP contribution in [0.3, 0.4) is 0 Å². The Hall–Kier alpha value is -2.05. The third-order valence-corrected chi connectivity index (χ3v) is 6.05. The third-order valence-electron chi connectivity index (χ3n) is 4.78. The van der Waals surface area contributed by atoms with Crippen LogP contribution in [0.15, 0.2) is 65.8 Å². The van der Waals surface area contributed by atoms with Gasteiger partial charge in [-0.1, -0.05) is 60.2 Å². The minimum absolute atomic E-state index is 0.0154. The lowest BCUT2D eigenvalue weighted by Gasteiger charge is -2.21. The Kier molecular flexibility index (Phi) is 5.94. The summed E-state index contributed by atoms with van der Waals surface area (Å²) < 4.78 is 0. The van der Waals surface area contributed by atoms with Crippen LogP contribution >= 0.6 is 8.20 Å². The van der Waals surface area contributed by atoms with Crippen LogP contribution < -0.4 is 0 Å². The highest BCUT2D eigenvalue weighted by Gasteiger charge is 2.26. The lowest BCUT2D eigenvalue weighted by atomic mass is 9.86. The van der Waals surface area contributed by atoms with Crippen molar-refractivity contribution >= 4 is 24.8 Å². The molecule has 128 valence electrons. The fourth-order valence-corrected chi connectivity index (χ4v) is 4.38. The highest BCUT2D eigenvalue weighted by Crippen LogP contribution is 2.29. The molecule has 3 rings (SSSR count). The van der Waals surface area contributed by atoms with E-state index in [0.717, 1.165) is 43.0 Å². The molecule has 2 aliphatic rings. The topological polar surface area (TPSA) is 34.1 Å². The fourth-order valence-electron chi connectivity index (χ4n) is 3.22. The molecule has 0 aromatic heterocycles. The van der Waals surface area contributed by atoms with Crippen molar-refractivity contribution in [3.63, 3.8) is 0 Å². The van der Waals surface area contributed by atoms with E-state index in [0.29, 0.717) is 13.8 Å². The largest absolute Gasteiger partial charge is 0.289 e. The Labute approximate surface area is 151 Å². The smallest absolute Gasteiger partial charge is 0.211 e. The summed E-state index contributed by atoms with van der Waals surface area (Å²) in [7, 11) is 0.538. The zero-order valence-corrected chi connectivity index (χ0v) is 15.5. The SMILES string of the molecule is CC1=CC=C(C(=O)C(=PC(=O)c2ccccc2)C2CC=CCC2)CC1. The van der Waals surface area contributed by atoms with Crippen molar-refractivity contribution in [2.75, 3.05) is 0 Å². The standard InChI is InChI=1S/C22H23O2P/c1-16-12-14-17(15-13-16)20(23)21(18-8-4-2-5-9-18)25-22(24)19-10-6-3-7-11-19/h2-4,6-7,10-12,14,18H,5,8-9,13,15H2,1H3. The monoisotopic (exact) mass is 350 g/mol. The Balaban J connectivity index is 1.92. The van der Waals surface area contributed by atoms with Crippen LogP contribution in [0.1, 0.15) is 49.4 Å². The molecule has 0 fully saturated rings. The first-order valence-electron chi connectivity index (χ1n) is 8.89. The molecule has 0 saturated carbocycles. The number of carbonyl (C=O) groups excluding carboxylic acids is 2. The summed E-state index contributed by atoms with van der Waals surface area (Å²) in [5.74, 6) is 0.273. The van der Waals surface area contributed by atoms with Crippen LogP contribution in [0, 0.1) is 5.92 Å². The molecular weight excluding hydrogens is 327 g/mol. The van der Waals surface area contributed by atoms with Gasteiger partial charge in [0.25, 0.3) is 0 Å². The molecule has 0 N–H and O–H groups in total. The number of allylic oxidation sites excluding steroid dienone is 6. The predicted molar refractivity (Wildman–Crippen MR) is 105 cm³/mol. The van der Waals surface area contributed by atoms with Crippen molar-refractivity contribution in [2.24, 2.45) is 5.92 Å². The molecule has 3 heteroatoms. The minimum atomic E-state index is 0.0154. The Bertz CT molecular complexity index is 782. The molecule has 0 bridgehead atoms. The third kappa shape index (κ3) is 4.52. The predicted octanol–water partition coefficient (Wildman–Crippen LogP) is 5.54. The maximum atomic E-state index is 13.2. The summed E-state index contributed by atoms with van der Waals surface area (Å²) >= 11 is 0. The van der Waals surface area contributed by atoms with Gasteiger partial charge in [0.05, 0.1) is 0 Å². The van der Waals surface area contributed by atoms with Gasteiger partial charge in [0, 0.05) is 16.4 Å². The Morgan fingerprint density at radius 1 is 1.04 bits per heavy atom. The van der Waals surface area contributed by atoms with Crippen molar-refractivity contribution in [2.45, 2.75) is 39.0 Å². The van der Waals surface area contributed by atoms with E-state index in [1.165, 1.54) is 5.57 Å². The second kappa shape index (κ2) is 8.36. The molecular formula is C22H23O2P. The minimum Gasteiger partial charge on any atom is -0.289 e. The molecule has 2 nitrogen and oxygen atoms in total. The van der Waals surface area contributed by atoms with Gasteiger partial charge in [0.2, 0.25) is 5.52 Å². The molecule has 0 aliphatic heterocycles. The fraction of sp³-hybridized carbons (Fsp3) is 0.318. The number of benzene rings is 1. The number of carbonyl (C=O) groups is 2. The van der Waals surface area contributed by atoms with Gasteiger partial charge in [-0.05, 0) is 53.2 Å².